The summed E-state index contributed by atoms with van der Waals surface area (Å²) < 4.78 is 1.81. The summed E-state index contributed by atoms with van der Waals surface area (Å²) >= 11 is 6.85. The molecule has 1 saturated carbocycles. The highest BCUT2D eigenvalue weighted by Crippen LogP contribution is 2.38. The molecule has 1 aromatic rings. The fourth-order valence-electron chi connectivity index (χ4n) is 2.63. The summed E-state index contributed by atoms with van der Waals surface area (Å²) in [6.45, 7) is 2.27. The highest BCUT2D eigenvalue weighted by Gasteiger charge is 2.28. The van der Waals surface area contributed by atoms with Gasteiger partial charge in [0.15, 0.2) is 0 Å². The molecule has 2 rings (SSSR count). The molecule has 0 spiro atoms. The van der Waals surface area contributed by atoms with Crippen LogP contribution in [0.4, 0.5) is 0 Å². The third-order valence-electron chi connectivity index (χ3n) is 3.54. The Hall–Kier alpha value is 0.0700. The molecular formula is C13H17Br2NO. The zero-order valence-corrected chi connectivity index (χ0v) is 13.0. The van der Waals surface area contributed by atoms with Crippen LogP contribution < -0.4 is 0 Å². The number of aliphatic hydroxyl groups is 1. The molecule has 4 heteroatoms. The maximum Gasteiger partial charge on any atom is 0.0999 e. The normalized spacial score (nSPS) is 26.8. The first-order chi connectivity index (χ1) is 8.08. The fraction of sp³-hybridized carbons (Fsp3) is 0.615. The molecule has 1 aromatic heterocycles. The van der Waals surface area contributed by atoms with Gasteiger partial charge in [-0.2, -0.15) is 0 Å². The van der Waals surface area contributed by atoms with Crippen molar-refractivity contribution in [3.63, 3.8) is 0 Å². The summed E-state index contributed by atoms with van der Waals surface area (Å²) in [4.78, 5) is 4.33. The van der Waals surface area contributed by atoms with Gasteiger partial charge in [-0.1, -0.05) is 19.8 Å². The van der Waals surface area contributed by atoms with E-state index in [4.69, 9.17) is 0 Å². The van der Waals surface area contributed by atoms with Crippen LogP contribution in [0.2, 0.25) is 0 Å². The lowest BCUT2D eigenvalue weighted by Gasteiger charge is -2.30. The van der Waals surface area contributed by atoms with Crippen LogP contribution >= 0.6 is 31.9 Å². The molecule has 1 fully saturated rings. The Bertz CT molecular complexity index is 397. The molecule has 2 nitrogen and oxygen atoms in total. The van der Waals surface area contributed by atoms with Crippen LogP contribution in [0.25, 0.3) is 0 Å². The quantitative estimate of drug-likeness (QED) is 0.842. The molecule has 0 aromatic carbocycles. The van der Waals surface area contributed by atoms with E-state index in [-0.39, 0.29) is 0 Å². The van der Waals surface area contributed by atoms with Crippen molar-refractivity contribution in [3.8, 4) is 0 Å². The molecule has 1 aliphatic carbocycles. The number of pyridine rings is 1. The Morgan fingerprint density at radius 1 is 1.41 bits per heavy atom. The van der Waals surface area contributed by atoms with Crippen molar-refractivity contribution >= 4 is 31.9 Å². The molecule has 0 bridgehead atoms. The minimum absolute atomic E-state index is 0.351. The van der Waals surface area contributed by atoms with E-state index in [1.807, 2.05) is 6.07 Å². The second-order valence-corrected chi connectivity index (χ2v) is 6.77. The average Bonchev–Trinajstić information content (AvgIpc) is 2.28. The van der Waals surface area contributed by atoms with Crippen molar-refractivity contribution in [2.75, 3.05) is 0 Å². The number of aromatic nitrogens is 1. The fourth-order valence-corrected chi connectivity index (χ4v) is 3.86. The molecule has 1 aliphatic rings. The van der Waals surface area contributed by atoms with Gasteiger partial charge in [0.05, 0.1) is 11.8 Å². The second-order valence-electron chi connectivity index (χ2n) is 5.00. The summed E-state index contributed by atoms with van der Waals surface area (Å²) in [5.74, 6) is 1.07. The van der Waals surface area contributed by atoms with E-state index < -0.39 is 6.10 Å². The maximum absolute atomic E-state index is 10.4. The highest BCUT2D eigenvalue weighted by molar-refractivity contribution is 9.11. The summed E-state index contributed by atoms with van der Waals surface area (Å²) in [5, 5.41) is 10.4. The SMILES string of the molecule is CC1CCCC(C(O)c2ncc(Br)cc2Br)C1. The first-order valence-corrected chi connectivity index (χ1v) is 7.65. The number of halogens is 2. The van der Waals surface area contributed by atoms with Gasteiger partial charge >= 0.3 is 0 Å². The van der Waals surface area contributed by atoms with Crippen LogP contribution in [-0.2, 0) is 0 Å². The van der Waals surface area contributed by atoms with E-state index in [0.717, 1.165) is 33.4 Å². The zero-order valence-electron chi connectivity index (χ0n) is 9.87. The van der Waals surface area contributed by atoms with Crippen molar-refractivity contribution in [2.24, 2.45) is 11.8 Å². The summed E-state index contributed by atoms with van der Waals surface area (Å²) in [6, 6.07) is 1.94. The molecule has 3 atom stereocenters. The standard InChI is InChI=1S/C13H17Br2NO/c1-8-3-2-4-9(5-8)13(17)12-11(15)6-10(14)7-16-12/h6-9,13,17H,2-5H2,1H3. The van der Waals surface area contributed by atoms with Crippen LogP contribution in [0.1, 0.15) is 44.4 Å². The number of rotatable bonds is 2. The largest absolute Gasteiger partial charge is 0.386 e. The zero-order chi connectivity index (χ0) is 12.4. The Labute approximate surface area is 119 Å². The van der Waals surface area contributed by atoms with Crippen molar-refractivity contribution in [2.45, 2.75) is 38.7 Å². The van der Waals surface area contributed by atoms with E-state index in [0.29, 0.717) is 5.92 Å². The lowest BCUT2D eigenvalue weighted by atomic mass is 9.79. The minimum Gasteiger partial charge on any atom is -0.386 e. The molecule has 0 aliphatic heterocycles. The topological polar surface area (TPSA) is 33.1 Å². The van der Waals surface area contributed by atoms with Gasteiger partial charge in [-0.3, -0.25) is 4.98 Å². The van der Waals surface area contributed by atoms with Gasteiger partial charge < -0.3 is 5.11 Å². The monoisotopic (exact) mass is 361 g/mol. The maximum atomic E-state index is 10.4. The van der Waals surface area contributed by atoms with Crippen LogP contribution in [0, 0.1) is 11.8 Å². The highest BCUT2D eigenvalue weighted by atomic mass is 79.9. The van der Waals surface area contributed by atoms with Gasteiger partial charge in [0.25, 0.3) is 0 Å². The minimum atomic E-state index is -0.444. The molecule has 0 amide bonds. The smallest absolute Gasteiger partial charge is 0.0999 e. The molecular weight excluding hydrogens is 346 g/mol. The lowest BCUT2D eigenvalue weighted by Crippen LogP contribution is -2.21. The van der Waals surface area contributed by atoms with Gasteiger partial charge in [-0.05, 0) is 62.6 Å². The molecule has 1 N–H and O–H groups in total. The molecule has 3 unspecified atom stereocenters. The molecule has 94 valence electrons. The Kier molecular flexibility index (Phi) is 4.61. The van der Waals surface area contributed by atoms with Gasteiger partial charge in [0, 0.05) is 15.1 Å². The predicted octanol–water partition coefficient (Wildman–Crippen LogP) is 4.47. The van der Waals surface area contributed by atoms with Gasteiger partial charge in [0.1, 0.15) is 0 Å². The van der Waals surface area contributed by atoms with E-state index in [1.54, 1.807) is 6.20 Å². The first-order valence-electron chi connectivity index (χ1n) is 6.07. The Morgan fingerprint density at radius 2 is 2.18 bits per heavy atom. The van der Waals surface area contributed by atoms with Crippen LogP contribution in [0.3, 0.4) is 0 Å². The van der Waals surface area contributed by atoms with Gasteiger partial charge in [-0.25, -0.2) is 0 Å². The van der Waals surface area contributed by atoms with E-state index in [1.165, 1.54) is 12.8 Å². The van der Waals surface area contributed by atoms with Crippen molar-refractivity contribution in [3.05, 3.63) is 26.9 Å². The molecule has 17 heavy (non-hydrogen) atoms. The Morgan fingerprint density at radius 3 is 2.82 bits per heavy atom. The van der Waals surface area contributed by atoms with Crippen molar-refractivity contribution in [1.82, 2.24) is 4.98 Å². The van der Waals surface area contributed by atoms with Crippen LogP contribution in [-0.4, -0.2) is 10.1 Å². The van der Waals surface area contributed by atoms with Gasteiger partial charge in [0.2, 0.25) is 0 Å². The number of aliphatic hydroxyl groups excluding tert-OH is 1. The number of hydrogen-bond acceptors (Lipinski definition) is 2. The van der Waals surface area contributed by atoms with E-state index in [9.17, 15) is 5.11 Å². The molecule has 0 radical (unpaired) electrons. The summed E-state index contributed by atoms with van der Waals surface area (Å²) in [5.41, 5.74) is 0.771. The van der Waals surface area contributed by atoms with Crippen molar-refractivity contribution < 1.29 is 5.11 Å². The van der Waals surface area contributed by atoms with E-state index in [2.05, 4.69) is 43.8 Å². The van der Waals surface area contributed by atoms with Crippen molar-refractivity contribution in [1.29, 1.82) is 0 Å². The third kappa shape index (κ3) is 3.30. The predicted molar refractivity (Wildman–Crippen MR) is 75.7 cm³/mol. The molecule has 1 heterocycles. The number of nitrogens with zero attached hydrogens (tertiary/aromatic N) is 1. The first kappa shape index (κ1) is 13.5. The van der Waals surface area contributed by atoms with Crippen LogP contribution in [0.5, 0.6) is 0 Å². The number of hydrogen-bond donors (Lipinski definition) is 1. The average molecular weight is 363 g/mol. The summed E-state index contributed by atoms with van der Waals surface area (Å²) in [6.07, 6.45) is 6.02. The second kappa shape index (κ2) is 5.81. The summed E-state index contributed by atoms with van der Waals surface area (Å²) in [7, 11) is 0. The third-order valence-corrected chi connectivity index (χ3v) is 4.61. The van der Waals surface area contributed by atoms with Gasteiger partial charge in [-0.15, -0.1) is 0 Å². The van der Waals surface area contributed by atoms with E-state index >= 15 is 0 Å². The lowest BCUT2D eigenvalue weighted by molar-refractivity contribution is 0.0674. The Balaban J connectivity index is 2.15. The van der Waals surface area contributed by atoms with Crippen LogP contribution in [0.15, 0.2) is 21.2 Å². The molecule has 0 saturated heterocycles.